The summed E-state index contributed by atoms with van der Waals surface area (Å²) in [6.07, 6.45) is 0.167. The van der Waals surface area contributed by atoms with Crippen LogP contribution < -0.4 is 4.74 Å². The summed E-state index contributed by atoms with van der Waals surface area (Å²) in [6, 6.07) is 6.16. The van der Waals surface area contributed by atoms with E-state index in [4.69, 9.17) is 14.2 Å². The second kappa shape index (κ2) is 23.3. The van der Waals surface area contributed by atoms with Crippen molar-refractivity contribution >= 4 is 23.9 Å². The van der Waals surface area contributed by atoms with Crippen LogP contribution in [0, 0.1) is 39.9 Å². The van der Waals surface area contributed by atoms with Gasteiger partial charge in [-0.3, -0.25) is 38.8 Å². The molecule has 0 aromatic heterocycles. The summed E-state index contributed by atoms with van der Waals surface area (Å²) in [5.74, 6) is -3.57. The average molecular weight is 784 g/mol. The number of rotatable bonds is 18. The van der Waals surface area contributed by atoms with E-state index in [1.54, 1.807) is 43.9 Å². The number of benzene rings is 1. The second-order valence-corrected chi connectivity index (χ2v) is 10.4. The van der Waals surface area contributed by atoms with E-state index in [1.165, 1.54) is 0 Å². The first kappa shape index (κ1) is 41.0. The first-order chi connectivity index (χ1) is 21.1. The number of hydrogen-bond acceptors (Lipinski definition) is 11. The Morgan fingerprint density at radius 3 is 1.51 bits per heavy atom. The molecule has 45 heavy (non-hydrogen) atoms. The second-order valence-electron chi connectivity index (χ2n) is 10.4. The van der Waals surface area contributed by atoms with E-state index in [0.29, 0.717) is 38.8 Å². The molecular formula is C29H46GdN4O11. The largest absolute Gasteiger partial charge is 0.491 e. The molecule has 0 radical (unpaired) electrons. The van der Waals surface area contributed by atoms with Gasteiger partial charge in [-0.25, -0.2) is 0 Å². The molecule has 0 spiro atoms. The third-order valence-corrected chi connectivity index (χ3v) is 7.10. The smallest absolute Gasteiger partial charge is 0.321 e. The van der Waals surface area contributed by atoms with E-state index < -0.39 is 29.9 Å². The Kier molecular flexibility index (Phi) is 21.3. The van der Waals surface area contributed by atoms with Crippen molar-refractivity contribution in [3.8, 4) is 5.75 Å². The molecular weight excluding hydrogens is 738 g/mol. The summed E-state index contributed by atoms with van der Waals surface area (Å²) in [5, 5.41) is 38.4. The van der Waals surface area contributed by atoms with Gasteiger partial charge in [-0.05, 0) is 31.0 Å². The predicted molar refractivity (Wildman–Crippen MR) is 158 cm³/mol. The molecule has 1 atom stereocenters. The minimum Gasteiger partial charge on any atom is -0.491 e. The molecule has 1 fully saturated rings. The van der Waals surface area contributed by atoms with Crippen molar-refractivity contribution in [2.75, 3.05) is 105 Å². The van der Waals surface area contributed by atoms with Crippen LogP contribution in [0.1, 0.15) is 12.5 Å². The van der Waals surface area contributed by atoms with Gasteiger partial charge in [-0.2, -0.15) is 0 Å². The predicted octanol–water partition coefficient (Wildman–Crippen LogP) is -0.410. The summed E-state index contributed by atoms with van der Waals surface area (Å²) in [7, 11) is 0. The van der Waals surface area contributed by atoms with E-state index in [0.717, 1.165) is 5.56 Å². The first-order valence-electron chi connectivity index (χ1n) is 14.7. The van der Waals surface area contributed by atoms with Gasteiger partial charge in [-0.15, -0.1) is 0 Å². The first-order valence-corrected chi connectivity index (χ1v) is 14.7. The zero-order chi connectivity index (χ0) is 32.3. The van der Waals surface area contributed by atoms with Gasteiger partial charge in [0.05, 0.1) is 39.5 Å². The van der Waals surface area contributed by atoms with Crippen LogP contribution in [0.4, 0.5) is 0 Å². The molecule has 1 saturated heterocycles. The topological polar surface area (TPSA) is 190 Å². The molecule has 0 saturated carbocycles. The summed E-state index contributed by atoms with van der Waals surface area (Å²) >= 11 is 0. The molecule has 16 heteroatoms. The van der Waals surface area contributed by atoms with Crippen molar-refractivity contribution in [2.45, 2.75) is 19.4 Å². The third-order valence-electron chi connectivity index (χ3n) is 7.10. The Bertz CT molecular complexity index is 1000. The van der Waals surface area contributed by atoms with Crippen LogP contribution in [0.15, 0.2) is 24.3 Å². The standard InChI is InChI=1S/C29H46N4O11.Gd/c1-2-42-15-16-43-17-18-44-24-5-3-23(4-6-24)19-25(29(40)41)33-13-11-31(21-27(36)37)9-7-30(20-26(34)35)8-10-32(12-14-33)22-28(38)39;/h3-6,25H,2,7-22H2,1H3,(H,34,35)(H,36,37)(H,38,39)(H,40,41);. The van der Waals surface area contributed by atoms with Gasteiger partial charge in [0.2, 0.25) is 0 Å². The number of nitrogens with zero attached hydrogens (tertiary/aromatic N) is 4. The van der Waals surface area contributed by atoms with E-state index >= 15 is 0 Å². The molecule has 1 aliphatic rings. The van der Waals surface area contributed by atoms with Crippen molar-refractivity contribution in [3.63, 3.8) is 0 Å². The van der Waals surface area contributed by atoms with Gasteiger partial charge in [0, 0.05) is 98.9 Å². The molecule has 1 unspecified atom stereocenters. The van der Waals surface area contributed by atoms with E-state index in [9.17, 15) is 39.6 Å². The number of aliphatic carboxylic acids is 4. The number of ether oxygens (including phenoxy) is 3. The van der Waals surface area contributed by atoms with Gasteiger partial charge < -0.3 is 34.6 Å². The summed E-state index contributed by atoms with van der Waals surface area (Å²) in [4.78, 5) is 53.7. The van der Waals surface area contributed by atoms with Crippen LogP contribution in [-0.2, 0) is 35.1 Å². The molecule has 1 heterocycles. The van der Waals surface area contributed by atoms with E-state index in [-0.39, 0.29) is 118 Å². The SMILES string of the molecule is CCOCCOCCOc1ccc(CC(C(=O)O)N2CCN(CC(=O)O)CCN(CC(=O)O)CCN(CC(=O)O)CC2)cc1.[Gd]. The van der Waals surface area contributed by atoms with Gasteiger partial charge in [0.15, 0.2) is 0 Å². The van der Waals surface area contributed by atoms with Crippen molar-refractivity contribution in [3.05, 3.63) is 29.8 Å². The molecule has 0 aliphatic carbocycles. The molecule has 256 valence electrons. The molecule has 1 aromatic carbocycles. The van der Waals surface area contributed by atoms with Crippen LogP contribution in [0.25, 0.3) is 0 Å². The fourth-order valence-electron chi connectivity index (χ4n) is 4.81. The maximum absolute atomic E-state index is 12.5. The maximum atomic E-state index is 12.5. The molecule has 2 rings (SSSR count). The Labute approximate surface area is 295 Å². The molecule has 15 nitrogen and oxygen atoms in total. The summed E-state index contributed by atoms with van der Waals surface area (Å²) < 4.78 is 16.3. The molecule has 1 aliphatic heterocycles. The monoisotopic (exact) mass is 784 g/mol. The van der Waals surface area contributed by atoms with Crippen molar-refractivity contribution in [1.82, 2.24) is 19.6 Å². The number of hydrogen-bond donors (Lipinski definition) is 4. The van der Waals surface area contributed by atoms with Crippen LogP contribution in [0.2, 0.25) is 0 Å². The zero-order valence-electron chi connectivity index (χ0n) is 25.7. The normalized spacial score (nSPS) is 16.9. The van der Waals surface area contributed by atoms with Crippen LogP contribution in [-0.4, -0.2) is 175 Å². The third kappa shape index (κ3) is 18.0. The van der Waals surface area contributed by atoms with Gasteiger partial charge in [0.25, 0.3) is 0 Å². The summed E-state index contributed by atoms with van der Waals surface area (Å²) in [5.41, 5.74) is 0.762. The Morgan fingerprint density at radius 1 is 0.667 bits per heavy atom. The van der Waals surface area contributed by atoms with Crippen LogP contribution >= 0.6 is 0 Å². The Hall–Kier alpha value is -2.02. The quantitative estimate of drug-likeness (QED) is 0.141. The minimum atomic E-state index is -1.05. The molecule has 0 amide bonds. The van der Waals surface area contributed by atoms with Crippen molar-refractivity contribution in [2.24, 2.45) is 0 Å². The van der Waals surface area contributed by atoms with Crippen LogP contribution in [0.5, 0.6) is 5.75 Å². The van der Waals surface area contributed by atoms with Crippen molar-refractivity contribution < 1.29 is 93.8 Å². The van der Waals surface area contributed by atoms with Crippen molar-refractivity contribution in [1.29, 1.82) is 0 Å². The number of carboxylic acids is 4. The Morgan fingerprint density at radius 2 is 1.09 bits per heavy atom. The molecule has 4 N–H and O–H groups in total. The molecule has 1 aromatic rings. The average Bonchev–Trinajstić information content (AvgIpc) is 2.95. The van der Waals surface area contributed by atoms with Gasteiger partial charge in [0.1, 0.15) is 18.4 Å². The fraction of sp³-hybridized carbons (Fsp3) is 0.655. The Balaban J connectivity index is 0.0000101. The van der Waals surface area contributed by atoms with E-state index in [2.05, 4.69) is 0 Å². The maximum Gasteiger partial charge on any atom is 0.321 e. The van der Waals surface area contributed by atoms with E-state index in [1.807, 2.05) is 6.92 Å². The molecule has 0 bridgehead atoms. The van der Waals surface area contributed by atoms with Crippen LogP contribution in [0.3, 0.4) is 0 Å². The van der Waals surface area contributed by atoms with Gasteiger partial charge in [-0.1, -0.05) is 12.1 Å². The zero-order valence-corrected chi connectivity index (χ0v) is 28.0. The fourth-order valence-corrected chi connectivity index (χ4v) is 4.81. The number of carbonyl (C=O) groups is 4. The van der Waals surface area contributed by atoms with Gasteiger partial charge >= 0.3 is 23.9 Å². The minimum absolute atomic E-state index is 0. The summed E-state index contributed by atoms with van der Waals surface area (Å²) in [6.45, 7) is 5.40. The number of carboxylic acid groups (broad SMARTS) is 4.